The molecule has 0 spiro atoms. The smallest absolute Gasteiger partial charge is 0.330 e. The monoisotopic (exact) mass is 316 g/mol. The molecule has 0 rings (SSSR count). The van der Waals surface area contributed by atoms with E-state index in [9.17, 15) is 4.79 Å². The van der Waals surface area contributed by atoms with E-state index in [1.165, 1.54) is 6.08 Å². The van der Waals surface area contributed by atoms with E-state index >= 15 is 0 Å². The second kappa shape index (κ2) is 10.1. The fraction of sp³-hybridized carbons (Fsp3) is 0.812. The Bertz CT molecular complexity index is 318. The van der Waals surface area contributed by atoms with E-state index in [0.29, 0.717) is 19.4 Å². The van der Waals surface area contributed by atoms with E-state index < -0.39 is 13.9 Å². The van der Waals surface area contributed by atoms with Crippen LogP contribution in [0.2, 0.25) is 18.1 Å². The van der Waals surface area contributed by atoms with E-state index in [1.54, 1.807) is 6.92 Å². The maximum absolute atomic E-state index is 11.5. The van der Waals surface area contributed by atoms with Gasteiger partial charge in [0.25, 0.3) is 0 Å². The van der Waals surface area contributed by atoms with Crippen LogP contribution in [0, 0.1) is 0 Å². The van der Waals surface area contributed by atoms with Crippen molar-refractivity contribution in [2.75, 3.05) is 13.2 Å². The van der Waals surface area contributed by atoms with Gasteiger partial charge in [-0.15, -0.1) is 0 Å². The number of hydrogen-bond donors (Lipinski definition) is 1. The van der Waals surface area contributed by atoms with Crippen molar-refractivity contribution < 1.29 is 19.1 Å². The molecule has 4 nitrogen and oxygen atoms in total. The lowest BCUT2D eigenvalue weighted by atomic mass is 10.00. The Morgan fingerprint density at radius 2 is 1.76 bits per heavy atom. The van der Waals surface area contributed by atoms with Crippen molar-refractivity contribution in [1.29, 1.82) is 0 Å². The topological polar surface area (TPSA) is 55.8 Å². The molecule has 0 amide bonds. The molecule has 0 aromatic rings. The molecule has 1 unspecified atom stereocenters. The van der Waals surface area contributed by atoms with Gasteiger partial charge in [0, 0.05) is 12.7 Å². The molecule has 0 aliphatic rings. The molecular formula is C16H32O4Si. The fourth-order valence-corrected chi connectivity index (χ4v) is 5.59. The van der Waals surface area contributed by atoms with E-state index in [2.05, 4.69) is 20.8 Å². The van der Waals surface area contributed by atoms with Gasteiger partial charge < -0.3 is 14.3 Å². The molecule has 1 atom stereocenters. The Hall–Kier alpha value is -0.653. The first-order chi connectivity index (χ1) is 9.90. The first-order valence-electron chi connectivity index (χ1n) is 8.07. The average molecular weight is 317 g/mol. The number of ether oxygens (including phenoxy) is 1. The summed E-state index contributed by atoms with van der Waals surface area (Å²) in [5.74, 6) is -0.340. The highest BCUT2D eigenvalue weighted by Crippen LogP contribution is 2.31. The van der Waals surface area contributed by atoms with Crippen molar-refractivity contribution in [2.45, 2.75) is 71.2 Å². The molecule has 0 saturated heterocycles. The molecule has 0 bridgehead atoms. The molecule has 124 valence electrons. The largest absolute Gasteiger partial charge is 0.463 e. The number of esters is 1. The molecule has 0 radical (unpaired) electrons. The summed E-state index contributed by atoms with van der Waals surface area (Å²) in [6, 6.07) is 3.17. The predicted molar refractivity (Wildman–Crippen MR) is 88.8 cm³/mol. The molecular weight excluding hydrogens is 284 g/mol. The lowest BCUT2D eigenvalue weighted by Crippen LogP contribution is -2.45. The maximum atomic E-state index is 11.5. The molecule has 0 saturated carbocycles. The van der Waals surface area contributed by atoms with Crippen molar-refractivity contribution in [1.82, 2.24) is 0 Å². The Morgan fingerprint density at radius 1 is 1.19 bits per heavy atom. The van der Waals surface area contributed by atoms with Gasteiger partial charge in [0.1, 0.15) is 0 Å². The molecule has 0 aliphatic heterocycles. The Balaban J connectivity index is 5.09. The second-order valence-electron chi connectivity index (χ2n) is 5.57. The summed E-state index contributed by atoms with van der Waals surface area (Å²) >= 11 is 0. The number of rotatable bonds is 11. The molecule has 0 aliphatic carbocycles. The highest BCUT2D eigenvalue weighted by Gasteiger charge is 2.36. The highest BCUT2D eigenvalue weighted by molar-refractivity contribution is 6.73. The second-order valence-corrected chi connectivity index (χ2v) is 10.3. The number of carbonyl (C=O) groups is 1. The third-order valence-corrected chi connectivity index (χ3v) is 8.84. The normalized spacial score (nSPS) is 15.1. The van der Waals surface area contributed by atoms with Crippen LogP contribution in [0.3, 0.4) is 0 Å². The summed E-state index contributed by atoms with van der Waals surface area (Å²) < 4.78 is 11.5. The molecule has 21 heavy (non-hydrogen) atoms. The maximum Gasteiger partial charge on any atom is 0.330 e. The highest BCUT2D eigenvalue weighted by atomic mass is 28.4. The molecule has 5 heteroatoms. The van der Waals surface area contributed by atoms with Crippen molar-refractivity contribution in [3.05, 3.63) is 12.2 Å². The molecule has 0 fully saturated rings. The van der Waals surface area contributed by atoms with E-state index in [0.717, 1.165) is 18.1 Å². The quantitative estimate of drug-likeness (QED) is 0.359. The van der Waals surface area contributed by atoms with Crippen LogP contribution in [0.25, 0.3) is 0 Å². The van der Waals surface area contributed by atoms with E-state index in [-0.39, 0.29) is 12.6 Å². The Kier molecular flexibility index (Phi) is 9.82. The third kappa shape index (κ3) is 7.25. The van der Waals surface area contributed by atoms with Gasteiger partial charge in [0.05, 0.1) is 12.2 Å². The average Bonchev–Trinajstić information content (AvgIpc) is 2.49. The van der Waals surface area contributed by atoms with Crippen LogP contribution in [0.15, 0.2) is 12.2 Å². The molecule has 0 heterocycles. The van der Waals surface area contributed by atoms with Crippen LogP contribution in [-0.2, 0) is 14.0 Å². The summed E-state index contributed by atoms with van der Waals surface area (Å²) in [7, 11) is -1.78. The summed E-state index contributed by atoms with van der Waals surface area (Å²) in [5.41, 5.74) is -0.510. The molecule has 0 aromatic heterocycles. The van der Waals surface area contributed by atoms with Crippen molar-refractivity contribution in [3.63, 3.8) is 0 Å². The van der Waals surface area contributed by atoms with E-state index in [4.69, 9.17) is 14.3 Å². The minimum absolute atomic E-state index is 0.130. The van der Waals surface area contributed by atoms with Gasteiger partial charge in [-0.05, 0) is 50.9 Å². The summed E-state index contributed by atoms with van der Waals surface area (Å²) in [4.78, 5) is 11.5. The first-order valence-corrected chi connectivity index (χ1v) is 10.6. The van der Waals surface area contributed by atoms with Crippen molar-refractivity contribution >= 4 is 14.3 Å². The van der Waals surface area contributed by atoms with Crippen LogP contribution >= 0.6 is 0 Å². The van der Waals surface area contributed by atoms with Gasteiger partial charge in [-0.3, -0.25) is 0 Å². The van der Waals surface area contributed by atoms with Crippen LogP contribution in [-0.4, -0.2) is 38.2 Å². The van der Waals surface area contributed by atoms with Gasteiger partial charge >= 0.3 is 5.97 Å². The lowest BCUT2D eigenvalue weighted by molar-refractivity contribution is -0.137. The third-order valence-electron chi connectivity index (χ3n) is 4.07. The Labute approximate surface area is 130 Å². The number of aliphatic hydroxyl groups is 1. The zero-order chi connectivity index (χ0) is 16.4. The lowest BCUT2D eigenvalue weighted by Gasteiger charge is -2.39. The fourth-order valence-electron chi connectivity index (χ4n) is 2.49. The van der Waals surface area contributed by atoms with Crippen molar-refractivity contribution in [2.24, 2.45) is 0 Å². The Morgan fingerprint density at radius 3 is 2.19 bits per heavy atom. The summed E-state index contributed by atoms with van der Waals surface area (Å²) in [5, 5.41) is 9.10. The number of carbonyl (C=O) groups excluding carboxylic acids is 1. The molecule has 1 N–H and O–H groups in total. The minimum Gasteiger partial charge on any atom is -0.463 e. The number of aliphatic hydroxyl groups excluding tert-OH is 1. The number of hydrogen-bond acceptors (Lipinski definition) is 4. The van der Waals surface area contributed by atoms with Crippen LogP contribution in [0.1, 0.15) is 47.5 Å². The zero-order valence-corrected chi connectivity index (χ0v) is 15.3. The van der Waals surface area contributed by atoms with Gasteiger partial charge in [-0.25, -0.2) is 4.79 Å². The summed E-state index contributed by atoms with van der Waals surface area (Å²) in [6.45, 7) is 10.8. The minimum atomic E-state index is -1.78. The first kappa shape index (κ1) is 20.3. The SMILES string of the molecule is CCOC(=O)/C=C/C(C)(CCCO)O[Si](CC)(CC)CC. The zero-order valence-electron chi connectivity index (χ0n) is 14.3. The van der Waals surface area contributed by atoms with Crippen LogP contribution < -0.4 is 0 Å². The summed E-state index contributed by atoms with van der Waals surface area (Å²) in [6.07, 6.45) is 4.63. The van der Waals surface area contributed by atoms with Gasteiger partial charge in [0.2, 0.25) is 0 Å². The van der Waals surface area contributed by atoms with Gasteiger partial charge in [-0.1, -0.05) is 20.8 Å². The van der Waals surface area contributed by atoms with E-state index in [1.807, 2.05) is 13.0 Å². The molecule has 0 aromatic carbocycles. The van der Waals surface area contributed by atoms with Crippen LogP contribution in [0.4, 0.5) is 0 Å². The standard InChI is InChI=1S/C16H32O4Si/c1-6-19-15(18)11-13-16(5,12-10-14-17)20-21(7-2,8-3)9-4/h11,13,17H,6-10,12,14H2,1-5H3/b13-11+. The van der Waals surface area contributed by atoms with Crippen molar-refractivity contribution in [3.8, 4) is 0 Å². The van der Waals surface area contributed by atoms with Gasteiger partial charge in [0.15, 0.2) is 8.32 Å². The van der Waals surface area contributed by atoms with Crippen LogP contribution in [0.5, 0.6) is 0 Å². The van der Waals surface area contributed by atoms with Gasteiger partial charge in [-0.2, -0.15) is 0 Å². The predicted octanol–water partition coefficient (Wildman–Crippen LogP) is 3.66.